The quantitative estimate of drug-likeness (QED) is 0.323. The zero-order valence-corrected chi connectivity index (χ0v) is 19.5. The molecule has 0 amide bonds. The molecular weight excluding hydrogens is 396 g/mol. The SMILES string of the molecule is CN(C)c1cccc(S(c2ccccc2)(c2ccccc2)c2cccc(N(C)C)c2)c1. The zero-order valence-electron chi connectivity index (χ0n) is 18.7. The van der Waals surface area contributed by atoms with Gasteiger partial charge in [0.05, 0.1) is 0 Å². The van der Waals surface area contributed by atoms with Gasteiger partial charge in [0.25, 0.3) is 0 Å². The van der Waals surface area contributed by atoms with Crippen LogP contribution in [0.5, 0.6) is 0 Å². The second-order valence-corrected chi connectivity index (χ2v) is 11.1. The maximum absolute atomic E-state index is 2.36. The first-order valence-corrected chi connectivity index (χ1v) is 12.1. The van der Waals surface area contributed by atoms with E-state index in [9.17, 15) is 0 Å². The predicted octanol–water partition coefficient (Wildman–Crippen LogP) is 7.16. The topological polar surface area (TPSA) is 6.48 Å². The van der Waals surface area contributed by atoms with E-state index in [1.807, 2.05) is 0 Å². The van der Waals surface area contributed by atoms with E-state index in [0.717, 1.165) is 0 Å². The van der Waals surface area contributed by atoms with Gasteiger partial charge in [-0.1, -0.05) is 48.5 Å². The van der Waals surface area contributed by atoms with Crippen molar-refractivity contribution in [3.63, 3.8) is 0 Å². The van der Waals surface area contributed by atoms with Crippen molar-refractivity contribution in [3.05, 3.63) is 109 Å². The smallest absolute Gasteiger partial charge is 0.0372 e. The number of hydrogen-bond acceptors (Lipinski definition) is 2. The molecule has 0 unspecified atom stereocenters. The monoisotopic (exact) mass is 426 g/mol. The van der Waals surface area contributed by atoms with Crippen molar-refractivity contribution in [1.82, 2.24) is 0 Å². The van der Waals surface area contributed by atoms with E-state index in [0.29, 0.717) is 0 Å². The van der Waals surface area contributed by atoms with Crippen LogP contribution in [-0.4, -0.2) is 28.2 Å². The van der Waals surface area contributed by atoms with E-state index >= 15 is 0 Å². The van der Waals surface area contributed by atoms with Gasteiger partial charge in [-0.15, -0.1) is 10.0 Å². The molecule has 2 nitrogen and oxygen atoms in total. The highest BCUT2D eigenvalue weighted by atomic mass is 32.3. The van der Waals surface area contributed by atoms with E-state index < -0.39 is 10.0 Å². The average Bonchev–Trinajstić information content (AvgIpc) is 2.81. The summed E-state index contributed by atoms with van der Waals surface area (Å²) in [6.45, 7) is 0. The van der Waals surface area contributed by atoms with E-state index in [1.165, 1.54) is 31.0 Å². The van der Waals surface area contributed by atoms with Crippen molar-refractivity contribution < 1.29 is 0 Å². The summed E-state index contributed by atoms with van der Waals surface area (Å²) in [5.74, 6) is 0. The Hall–Kier alpha value is -3.17. The Morgan fingerprint density at radius 1 is 0.419 bits per heavy atom. The largest absolute Gasteiger partial charge is 0.378 e. The van der Waals surface area contributed by atoms with Gasteiger partial charge in [0, 0.05) is 59.1 Å². The molecule has 3 heteroatoms. The molecule has 0 bridgehead atoms. The lowest BCUT2D eigenvalue weighted by atomic mass is 10.3. The van der Waals surface area contributed by atoms with Crippen LogP contribution in [0.1, 0.15) is 0 Å². The molecule has 0 saturated heterocycles. The lowest BCUT2D eigenvalue weighted by Gasteiger charge is -2.42. The maximum atomic E-state index is 2.36. The van der Waals surface area contributed by atoms with Gasteiger partial charge in [-0.25, -0.2) is 0 Å². The zero-order chi connectivity index (χ0) is 21.8. The molecule has 0 radical (unpaired) electrons. The number of hydrogen-bond donors (Lipinski definition) is 0. The molecule has 0 spiro atoms. The maximum Gasteiger partial charge on any atom is 0.0372 e. The summed E-state index contributed by atoms with van der Waals surface area (Å²) in [6, 6.07) is 40.0. The molecule has 0 heterocycles. The minimum atomic E-state index is -1.68. The van der Waals surface area contributed by atoms with E-state index in [4.69, 9.17) is 0 Å². The Morgan fingerprint density at radius 2 is 0.774 bits per heavy atom. The number of rotatable bonds is 6. The molecule has 0 saturated carbocycles. The third-order valence-electron chi connectivity index (χ3n) is 5.57. The molecule has 4 aromatic carbocycles. The molecule has 0 aliphatic heterocycles. The summed E-state index contributed by atoms with van der Waals surface area (Å²) >= 11 is 0. The molecule has 0 fully saturated rings. The first-order valence-electron chi connectivity index (χ1n) is 10.5. The van der Waals surface area contributed by atoms with Gasteiger partial charge in [-0.2, -0.15) is 0 Å². The van der Waals surface area contributed by atoms with Crippen LogP contribution >= 0.6 is 10.0 Å². The molecule has 0 aliphatic carbocycles. The summed E-state index contributed by atoms with van der Waals surface area (Å²) in [4.78, 5) is 9.72. The molecule has 0 atom stereocenters. The second-order valence-electron chi connectivity index (χ2n) is 8.02. The molecule has 158 valence electrons. The minimum Gasteiger partial charge on any atom is -0.378 e. The Kier molecular flexibility index (Phi) is 6.06. The van der Waals surface area contributed by atoms with E-state index in [1.54, 1.807) is 0 Å². The van der Waals surface area contributed by atoms with Crippen molar-refractivity contribution in [2.45, 2.75) is 19.6 Å². The highest BCUT2D eigenvalue weighted by Gasteiger charge is 2.33. The third-order valence-corrected chi connectivity index (χ3v) is 9.45. The Bertz CT molecular complexity index is 1040. The van der Waals surface area contributed by atoms with Gasteiger partial charge in [-0.05, 0) is 60.7 Å². The van der Waals surface area contributed by atoms with Gasteiger partial charge >= 0.3 is 0 Å². The van der Waals surface area contributed by atoms with Gasteiger partial charge in [0.15, 0.2) is 0 Å². The second kappa shape index (κ2) is 8.91. The van der Waals surface area contributed by atoms with Crippen molar-refractivity contribution in [3.8, 4) is 0 Å². The van der Waals surface area contributed by atoms with Crippen molar-refractivity contribution in [2.75, 3.05) is 38.0 Å². The summed E-state index contributed by atoms with van der Waals surface area (Å²) < 4.78 is 0. The van der Waals surface area contributed by atoms with Crippen molar-refractivity contribution in [1.29, 1.82) is 0 Å². The predicted molar refractivity (Wildman–Crippen MR) is 135 cm³/mol. The van der Waals surface area contributed by atoms with Crippen LogP contribution in [0.3, 0.4) is 0 Å². The standard InChI is InChI=1S/C28H30N2S/c1-29(2)23-13-11-19-27(21-23)31(25-15-7-5-8-16-25,26-17-9-6-10-18-26)28-20-12-14-24(22-28)30(3)4/h5-22H,1-4H3. The summed E-state index contributed by atoms with van der Waals surface area (Å²) in [6.07, 6.45) is 0. The van der Waals surface area contributed by atoms with E-state index in [2.05, 4.69) is 147 Å². The molecular formula is C28H30N2S. The van der Waals surface area contributed by atoms with Crippen LogP contribution in [-0.2, 0) is 0 Å². The summed E-state index contributed by atoms with van der Waals surface area (Å²) in [7, 11) is 6.74. The van der Waals surface area contributed by atoms with Crippen LogP contribution in [0.15, 0.2) is 129 Å². The molecule has 0 N–H and O–H groups in total. The minimum absolute atomic E-state index is 1.21. The van der Waals surface area contributed by atoms with Crippen LogP contribution in [0.25, 0.3) is 0 Å². The first kappa shape index (κ1) is 21.1. The van der Waals surface area contributed by atoms with Crippen LogP contribution in [0.4, 0.5) is 11.4 Å². The fourth-order valence-electron chi connectivity index (χ4n) is 3.97. The molecule has 4 rings (SSSR count). The van der Waals surface area contributed by atoms with Gasteiger partial charge in [0.2, 0.25) is 0 Å². The summed E-state index contributed by atoms with van der Waals surface area (Å²) in [5, 5.41) is 0. The average molecular weight is 427 g/mol. The highest BCUT2D eigenvalue weighted by Crippen LogP contribution is 2.73. The van der Waals surface area contributed by atoms with Gasteiger partial charge in [-0.3, -0.25) is 0 Å². The Labute approximate surface area is 188 Å². The lowest BCUT2D eigenvalue weighted by Crippen LogP contribution is -2.12. The number of nitrogens with zero attached hydrogens (tertiary/aromatic N) is 2. The van der Waals surface area contributed by atoms with Gasteiger partial charge in [0.1, 0.15) is 0 Å². The van der Waals surface area contributed by atoms with Gasteiger partial charge < -0.3 is 9.80 Å². The summed E-state index contributed by atoms with van der Waals surface area (Å²) in [5.41, 5.74) is 2.43. The fraction of sp³-hybridized carbons (Fsp3) is 0.143. The molecule has 0 aromatic heterocycles. The highest BCUT2D eigenvalue weighted by molar-refractivity contribution is 8.34. The van der Waals surface area contributed by atoms with Crippen molar-refractivity contribution >= 4 is 21.4 Å². The Morgan fingerprint density at radius 3 is 1.13 bits per heavy atom. The van der Waals surface area contributed by atoms with Crippen LogP contribution in [0.2, 0.25) is 0 Å². The van der Waals surface area contributed by atoms with Crippen LogP contribution < -0.4 is 9.80 Å². The fourth-order valence-corrected chi connectivity index (χ4v) is 7.89. The molecule has 0 aliphatic rings. The normalized spacial score (nSPS) is 11.7. The number of benzene rings is 4. The number of anilines is 2. The Balaban J connectivity index is 2.13. The first-order chi connectivity index (χ1) is 15.0. The van der Waals surface area contributed by atoms with Crippen molar-refractivity contribution in [2.24, 2.45) is 0 Å². The van der Waals surface area contributed by atoms with Crippen LogP contribution in [0, 0.1) is 0 Å². The molecule has 31 heavy (non-hydrogen) atoms. The third kappa shape index (κ3) is 3.94. The molecule has 4 aromatic rings. The van der Waals surface area contributed by atoms with E-state index in [-0.39, 0.29) is 0 Å². The lowest BCUT2D eigenvalue weighted by molar-refractivity contribution is 1.11.